The smallest absolute Gasteiger partial charge is 0.331 e. The maximum atomic E-state index is 12.5. The van der Waals surface area contributed by atoms with E-state index in [1.807, 2.05) is 13.0 Å². The standard InChI is InChI=1S/C17H21N3O5/c1-11-5-4-6-12-14(11)18-10-20(15(12)22)8-7-13(21)19-17(2,9-25-3)16(23)24/h4-6,10H,7-9H2,1-3H3,(H,19,21)(H,23,24). The van der Waals surface area contributed by atoms with E-state index in [1.165, 1.54) is 24.9 Å². The summed E-state index contributed by atoms with van der Waals surface area (Å²) >= 11 is 0. The quantitative estimate of drug-likeness (QED) is 0.763. The summed E-state index contributed by atoms with van der Waals surface area (Å²) < 4.78 is 6.19. The van der Waals surface area contributed by atoms with Gasteiger partial charge in [-0.3, -0.25) is 14.2 Å². The Bertz CT molecular complexity index is 861. The third-order valence-corrected chi connectivity index (χ3v) is 3.96. The summed E-state index contributed by atoms with van der Waals surface area (Å²) in [6, 6.07) is 5.34. The Morgan fingerprint density at radius 3 is 2.76 bits per heavy atom. The predicted molar refractivity (Wildman–Crippen MR) is 91.4 cm³/mol. The molecule has 0 fully saturated rings. The highest BCUT2D eigenvalue weighted by molar-refractivity contribution is 5.86. The molecule has 1 aromatic heterocycles. The van der Waals surface area contributed by atoms with Crippen molar-refractivity contribution in [2.45, 2.75) is 32.4 Å². The molecule has 0 aliphatic heterocycles. The molecule has 8 heteroatoms. The number of ether oxygens (including phenoxy) is 1. The van der Waals surface area contributed by atoms with Crippen LogP contribution in [0, 0.1) is 6.92 Å². The summed E-state index contributed by atoms with van der Waals surface area (Å²) in [6.07, 6.45) is 1.35. The monoisotopic (exact) mass is 347 g/mol. The van der Waals surface area contributed by atoms with Gasteiger partial charge in [0, 0.05) is 20.1 Å². The normalized spacial score (nSPS) is 13.4. The lowest BCUT2D eigenvalue weighted by Crippen LogP contribution is -2.55. The van der Waals surface area contributed by atoms with Crippen LogP contribution in [0.5, 0.6) is 0 Å². The summed E-state index contributed by atoms with van der Waals surface area (Å²) in [5, 5.41) is 12.1. The molecule has 2 N–H and O–H groups in total. The highest BCUT2D eigenvalue weighted by atomic mass is 16.5. The number of carbonyl (C=O) groups is 2. The number of aliphatic carboxylic acids is 1. The minimum atomic E-state index is -1.52. The average molecular weight is 347 g/mol. The number of rotatable bonds is 7. The molecule has 0 bridgehead atoms. The first kappa shape index (κ1) is 18.6. The minimum Gasteiger partial charge on any atom is -0.479 e. The summed E-state index contributed by atoms with van der Waals surface area (Å²) in [7, 11) is 1.36. The van der Waals surface area contributed by atoms with Crippen molar-refractivity contribution in [1.29, 1.82) is 0 Å². The van der Waals surface area contributed by atoms with Crippen LogP contribution in [0.2, 0.25) is 0 Å². The lowest BCUT2D eigenvalue weighted by atomic mass is 10.0. The molecule has 0 saturated carbocycles. The van der Waals surface area contributed by atoms with Gasteiger partial charge >= 0.3 is 5.97 Å². The summed E-state index contributed by atoms with van der Waals surface area (Å²) in [4.78, 5) is 40.1. The van der Waals surface area contributed by atoms with Crippen LogP contribution < -0.4 is 10.9 Å². The summed E-state index contributed by atoms with van der Waals surface area (Å²) in [6.45, 7) is 3.17. The van der Waals surface area contributed by atoms with Crippen molar-refractivity contribution in [3.05, 3.63) is 40.4 Å². The molecule has 0 aliphatic rings. The zero-order chi connectivity index (χ0) is 18.6. The molecular weight excluding hydrogens is 326 g/mol. The molecule has 1 amide bonds. The maximum Gasteiger partial charge on any atom is 0.331 e. The number of carbonyl (C=O) groups excluding carboxylic acids is 1. The lowest BCUT2D eigenvalue weighted by Gasteiger charge is -2.25. The van der Waals surface area contributed by atoms with Crippen molar-refractivity contribution in [3.8, 4) is 0 Å². The van der Waals surface area contributed by atoms with Gasteiger partial charge in [0.2, 0.25) is 5.91 Å². The van der Waals surface area contributed by atoms with E-state index in [9.17, 15) is 19.5 Å². The van der Waals surface area contributed by atoms with Crippen molar-refractivity contribution in [2.75, 3.05) is 13.7 Å². The number of carboxylic acids is 1. The predicted octanol–water partition coefficient (Wildman–Crippen LogP) is 0.701. The fourth-order valence-electron chi connectivity index (χ4n) is 2.53. The number of para-hydroxylation sites is 1. The van der Waals surface area contributed by atoms with Crippen molar-refractivity contribution in [1.82, 2.24) is 14.9 Å². The van der Waals surface area contributed by atoms with Gasteiger partial charge in [-0.1, -0.05) is 12.1 Å². The Kier molecular flexibility index (Phi) is 5.53. The highest BCUT2D eigenvalue weighted by Crippen LogP contribution is 2.11. The number of nitrogens with one attached hydrogen (secondary N) is 1. The molecule has 2 aromatic rings. The Balaban J connectivity index is 2.12. The van der Waals surface area contributed by atoms with E-state index in [1.54, 1.807) is 12.1 Å². The van der Waals surface area contributed by atoms with Gasteiger partial charge in [0.1, 0.15) is 0 Å². The number of carboxylic acid groups (broad SMARTS) is 1. The van der Waals surface area contributed by atoms with Gasteiger partial charge in [-0.05, 0) is 25.5 Å². The number of aromatic nitrogens is 2. The molecular formula is C17H21N3O5. The SMILES string of the molecule is COCC(C)(NC(=O)CCn1cnc2c(C)cccc2c1=O)C(=O)O. The molecule has 1 aromatic carbocycles. The third-order valence-electron chi connectivity index (χ3n) is 3.96. The van der Waals surface area contributed by atoms with Crippen molar-refractivity contribution < 1.29 is 19.4 Å². The first-order valence-electron chi connectivity index (χ1n) is 7.76. The van der Waals surface area contributed by atoms with Crippen molar-refractivity contribution in [2.24, 2.45) is 0 Å². The molecule has 8 nitrogen and oxygen atoms in total. The van der Waals surface area contributed by atoms with Gasteiger partial charge in [-0.25, -0.2) is 9.78 Å². The third kappa shape index (κ3) is 4.03. The maximum absolute atomic E-state index is 12.5. The number of nitrogens with zero attached hydrogens (tertiary/aromatic N) is 2. The van der Waals surface area contributed by atoms with Crippen LogP contribution >= 0.6 is 0 Å². The Morgan fingerprint density at radius 2 is 2.12 bits per heavy atom. The van der Waals surface area contributed by atoms with Crippen LogP contribution in [0.1, 0.15) is 18.9 Å². The van der Waals surface area contributed by atoms with Gasteiger partial charge in [0.15, 0.2) is 5.54 Å². The zero-order valence-electron chi connectivity index (χ0n) is 14.4. The Labute approximate surface area is 144 Å². The fraction of sp³-hybridized carbons (Fsp3) is 0.412. The molecule has 0 saturated heterocycles. The van der Waals surface area contributed by atoms with E-state index in [4.69, 9.17) is 4.74 Å². The number of methoxy groups -OCH3 is 1. The van der Waals surface area contributed by atoms with Crippen LogP contribution in [0.4, 0.5) is 0 Å². The Morgan fingerprint density at radius 1 is 1.40 bits per heavy atom. The van der Waals surface area contributed by atoms with E-state index in [-0.39, 0.29) is 25.1 Å². The van der Waals surface area contributed by atoms with Gasteiger partial charge < -0.3 is 15.2 Å². The van der Waals surface area contributed by atoms with Crippen LogP contribution in [-0.2, 0) is 20.9 Å². The van der Waals surface area contributed by atoms with Gasteiger partial charge in [0.05, 0.1) is 23.8 Å². The largest absolute Gasteiger partial charge is 0.479 e. The van der Waals surface area contributed by atoms with Gasteiger partial charge in [-0.2, -0.15) is 0 Å². The number of hydrogen-bond donors (Lipinski definition) is 2. The highest BCUT2D eigenvalue weighted by Gasteiger charge is 2.34. The second-order valence-electron chi connectivity index (χ2n) is 6.08. The van der Waals surface area contributed by atoms with Crippen LogP contribution in [0.3, 0.4) is 0 Å². The first-order valence-corrected chi connectivity index (χ1v) is 7.76. The lowest BCUT2D eigenvalue weighted by molar-refractivity contribution is -0.149. The molecule has 2 rings (SSSR count). The van der Waals surface area contributed by atoms with Crippen molar-refractivity contribution in [3.63, 3.8) is 0 Å². The van der Waals surface area contributed by atoms with Crippen LogP contribution in [-0.4, -0.2) is 45.8 Å². The Hall–Kier alpha value is -2.74. The first-order chi connectivity index (χ1) is 11.8. The molecule has 25 heavy (non-hydrogen) atoms. The molecule has 1 atom stereocenters. The van der Waals surface area contributed by atoms with Gasteiger partial charge in [0.25, 0.3) is 5.56 Å². The van der Waals surface area contributed by atoms with E-state index >= 15 is 0 Å². The molecule has 134 valence electrons. The van der Waals surface area contributed by atoms with E-state index in [0.29, 0.717) is 10.9 Å². The topological polar surface area (TPSA) is 111 Å². The number of fused-ring (bicyclic) bond motifs is 1. The minimum absolute atomic E-state index is 0.0501. The molecule has 1 heterocycles. The second-order valence-corrected chi connectivity index (χ2v) is 6.08. The van der Waals surface area contributed by atoms with E-state index in [0.717, 1.165) is 5.56 Å². The molecule has 0 aliphatic carbocycles. The van der Waals surface area contributed by atoms with E-state index in [2.05, 4.69) is 10.3 Å². The van der Waals surface area contributed by atoms with Crippen LogP contribution in [0.15, 0.2) is 29.3 Å². The summed E-state index contributed by atoms with van der Waals surface area (Å²) in [5.74, 6) is -1.68. The van der Waals surface area contributed by atoms with Crippen molar-refractivity contribution >= 4 is 22.8 Å². The molecule has 0 spiro atoms. The zero-order valence-corrected chi connectivity index (χ0v) is 14.4. The average Bonchev–Trinajstić information content (AvgIpc) is 2.55. The summed E-state index contributed by atoms with van der Waals surface area (Å²) in [5.41, 5.74) is -0.224. The second kappa shape index (κ2) is 7.43. The van der Waals surface area contributed by atoms with Crippen LogP contribution in [0.25, 0.3) is 10.9 Å². The van der Waals surface area contributed by atoms with E-state index < -0.39 is 17.4 Å². The number of benzene rings is 1. The molecule has 1 unspecified atom stereocenters. The molecule has 0 radical (unpaired) electrons. The number of amides is 1. The number of aryl methyl sites for hydroxylation is 2. The number of hydrogen-bond acceptors (Lipinski definition) is 5. The fourth-order valence-corrected chi connectivity index (χ4v) is 2.53. The van der Waals surface area contributed by atoms with Gasteiger partial charge in [-0.15, -0.1) is 0 Å².